The van der Waals surface area contributed by atoms with E-state index in [4.69, 9.17) is 4.74 Å². The van der Waals surface area contributed by atoms with E-state index in [9.17, 15) is 18.5 Å². The number of hydrazone groups is 1. The van der Waals surface area contributed by atoms with Crippen molar-refractivity contribution in [2.75, 3.05) is 0 Å². The number of nitro groups is 1. The number of ether oxygens (including phenoxy) is 1. The Morgan fingerprint density at radius 2 is 1.83 bits per heavy atom. The highest BCUT2D eigenvalue weighted by Crippen LogP contribution is 2.22. The fourth-order valence-corrected chi connectivity index (χ4v) is 3.41. The molecule has 0 fully saturated rings. The largest absolute Gasteiger partial charge is 0.489 e. The van der Waals surface area contributed by atoms with Crippen LogP contribution in [0.25, 0.3) is 0 Å². The van der Waals surface area contributed by atoms with Crippen LogP contribution in [0.4, 0.5) is 5.69 Å². The van der Waals surface area contributed by atoms with Gasteiger partial charge >= 0.3 is 0 Å². The molecule has 0 radical (unpaired) electrons. The zero-order valence-corrected chi connectivity index (χ0v) is 16.9. The molecule has 0 aliphatic rings. The van der Waals surface area contributed by atoms with Crippen LogP contribution in [0.2, 0.25) is 0 Å². The van der Waals surface area contributed by atoms with E-state index in [0.717, 1.165) is 11.6 Å². The van der Waals surface area contributed by atoms with Crippen molar-refractivity contribution in [1.29, 1.82) is 0 Å². The fraction of sp³-hybridized carbons (Fsp3) is 0.0952. The maximum Gasteiger partial charge on any atom is 0.276 e. The minimum Gasteiger partial charge on any atom is -0.489 e. The maximum atomic E-state index is 12.4. The number of rotatable bonds is 8. The molecule has 3 aromatic rings. The molecule has 8 nitrogen and oxygen atoms in total. The zero-order chi connectivity index (χ0) is 21.6. The van der Waals surface area contributed by atoms with Gasteiger partial charge in [0.1, 0.15) is 12.4 Å². The fourth-order valence-electron chi connectivity index (χ4n) is 2.60. The lowest BCUT2D eigenvalue weighted by Crippen LogP contribution is -2.18. The number of nitrogens with one attached hydrogen (secondary N) is 1. The van der Waals surface area contributed by atoms with E-state index in [-0.39, 0.29) is 10.6 Å². The van der Waals surface area contributed by atoms with Gasteiger partial charge < -0.3 is 4.74 Å². The Hall–Kier alpha value is -3.72. The quantitative estimate of drug-likeness (QED) is 0.335. The van der Waals surface area contributed by atoms with Crippen LogP contribution in [0.15, 0.2) is 82.8 Å². The van der Waals surface area contributed by atoms with Crippen molar-refractivity contribution in [3.05, 3.63) is 99.6 Å². The molecule has 3 aromatic carbocycles. The summed E-state index contributed by atoms with van der Waals surface area (Å²) < 4.78 is 30.5. The predicted octanol–water partition coefficient (Wildman–Crippen LogP) is 3.79. The third kappa shape index (κ3) is 5.42. The van der Waals surface area contributed by atoms with E-state index in [1.807, 2.05) is 30.3 Å². The normalized spacial score (nSPS) is 11.4. The molecule has 0 aliphatic heterocycles. The van der Waals surface area contributed by atoms with Gasteiger partial charge in [-0.25, -0.2) is 4.83 Å². The first-order valence-corrected chi connectivity index (χ1v) is 10.4. The minimum absolute atomic E-state index is 0.239. The Morgan fingerprint density at radius 1 is 1.07 bits per heavy atom. The number of hydrogen-bond acceptors (Lipinski definition) is 6. The van der Waals surface area contributed by atoms with E-state index in [0.29, 0.717) is 23.5 Å². The highest BCUT2D eigenvalue weighted by Gasteiger charge is 2.19. The predicted molar refractivity (Wildman–Crippen MR) is 113 cm³/mol. The Morgan fingerprint density at radius 3 is 2.57 bits per heavy atom. The molecule has 1 N–H and O–H groups in total. The summed E-state index contributed by atoms with van der Waals surface area (Å²) in [6.07, 6.45) is 1.33. The molecule has 0 saturated carbocycles. The van der Waals surface area contributed by atoms with Crippen LogP contribution in [-0.4, -0.2) is 19.6 Å². The number of hydrogen-bond donors (Lipinski definition) is 1. The number of aryl methyl sites for hydroxylation is 1. The molecule has 0 heterocycles. The maximum absolute atomic E-state index is 12.4. The Bertz CT molecular complexity index is 1180. The molecule has 0 bridgehead atoms. The SMILES string of the molecule is Cc1ccc(S(=O)(=O)NN=Cc2cccc(OCc3ccccc3)c2)cc1[N+](=O)[O-]. The summed E-state index contributed by atoms with van der Waals surface area (Å²) in [7, 11) is -4.04. The van der Waals surface area contributed by atoms with Crippen molar-refractivity contribution in [3.8, 4) is 5.75 Å². The van der Waals surface area contributed by atoms with Crippen LogP contribution >= 0.6 is 0 Å². The molecule has 3 rings (SSSR count). The molecule has 0 aromatic heterocycles. The molecule has 0 aliphatic carbocycles. The van der Waals surface area contributed by atoms with E-state index in [2.05, 4.69) is 9.93 Å². The Labute approximate surface area is 174 Å². The lowest BCUT2D eigenvalue weighted by molar-refractivity contribution is -0.385. The Balaban J connectivity index is 1.67. The average molecular weight is 425 g/mol. The lowest BCUT2D eigenvalue weighted by atomic mass is 10.2. The Kier molecular flexibility index (Phi) is 6.43. The molecular formula is C21H19N3O5S. The second-order valence-electron chi connectivity index (χ2n) is 6.41. The van der Waals surface area contributed by atoms with Gasteiger partial charge in [-0.3, -0.25) is 10.1 Å². The van der Waals surface area contributed by atoms with Gasteiger partial charge in [-0.2, -0.15) is 13.5 Å². The third-order valence-electron chi connectivity index (χ3n) is 4.18. The van der Waals surface area contributed by atoms with Gasteiger partial charge in [0.15, 0.2) is 0 Å². The topological polar surface area (TPSA) is 111 Å². The third-order valence-corrected chi connectivity index (χ3v) is 5.40. The standard InChI is InChI=1S/C21H19N3O5S/c1-16-10-11-20(13-21(16)24(25)26)30(27,28)23-22-14-18-8-5-9-19(12-18)29-15-17-6-3-2-4-7-17/h2-14,23H,15H2,1H3. The summed E-state index contributed by atoms with van der Waals surface area (Å²) in [6, 6.07) is 20.4. The first-order valence-electron chi connectivity index (χ1n) is 8.92. The van der Waals surface area contributed by atoms with Crippen molar-refractivity contribution >= 4 is 21.9 Å². The molecule has 154 valence electrons. The van der Waals surface area contributed by atoms with Crippen molar-refractivity contribution in [1.82, 2.24) is 4.83 Å². The van der Waals surface area contributed by atoms with Crippen LogP contribution in [-0.2, 0) is 16.6 Å². The summed E-state index contributed by atoms with van der Waals surface area (Å²) >= 11 is 0. The van der Waals surface area contributed by atoms with Crippen molar-refractivity contribution in [2.45, 2.75) is 18.4 Å². The monoisotopic (exact) mass is 425 g/mol. The van der Waals surface area contributed by atoms with Gasteiger partial charge in [-0.15, -0.1) is 0 Å². The summed E-state index contributed by atoms with van der Waals surface area (Å²) in [6.45, 7) is 1.94. The highest BCUT2D eigenvalue weighted by molar-refractivity contribution is 7.89. The summed E-state index contributed by atoms with van der Waals surface area (Å²) in [5, 5.41) is 14.8. The van der Waals surface area contributed by atoms with E-state index in [1.54, 1.807) is 24.3 Å². The average Bonchev–Trinajstić information content (AvgIpc) is 2.73. The highest BCUT2D eigenvalue weighted by atomic mass is 32.2. The molecule has 0 atom stereocenters. The molecule has 30 heavy (non-hydrogen) atoms. The smallest absolute Gasteiger partial charge is 0.276 e. The first-order chi connectivity index (χ1) is 14.3. The van der Waals surface area contributed by atoms with Gasteiger partial charge in [0, 0.05) is 11.6 Å². The molecule has 0 amide bonds. The van der Waals surface area contributed by atoms with E-state index in [1.165, 1.54) is 25.3 Å². The van der Waals surface area contributed by atoms with Gasteiger partial charge in [0.05, 0.1) is 16.0 Å². The van der Waals surface area contributed by atoms with Crippen LogP contribution in [0.1, 0.15) is 16.7 Å². The molecular weight excluding hydrogens is 406 g/mol. The molecule has 9 heteroatoms. The molecule has 0 spiro atoms. The van der Waals surface area contributed by atoms with E-state index >= 15 is 0 Å². The lowest BCUT2D eigenvalue weighted by Gasteiger charge is -2.07. The van der Waals surface area contributed by atoms with Crippen LogP contribution in [0.3, 0.4) is 0 Å². The summed E-state index contributed by atoms with van der Waals surface area (Å²) in [5.74, 6) is 0.611. The summed E-state index contributed by atoms with van der Waals surface area (Å²) in [4.78, 5) is 12.2. The number of nitro benzene ring substituents is 1. The van der Waals surface area contributed by atoms with Gasteiger partial charge in [-0.05, 0) is 36.2 Å². The van der Waals surface area contributed by atoms with Gasteiger partial charge in [0.25, 0.3) is 15.7 Å². The van der Waals surface area contributed by atoms with Gasteiger partial charge in [0.2, 0.25) is 0 Å². The van der Waals surface area contributed by atoms with Crippen LogP contribution in [0.5, 0.6) is 5.75 Å². The number of nitrogens with zero attached hydrogens (tertiary/aromatic N) is 2. The minimum atomic E-state index is -4.04. The second-order valence-corrected chi connectivity index (χ2v) is 8.07. The molecule has 0 saturated heterocycles. The molecule has 0 unspecified atom stereocenters. The summed E-state index contributed by atoms with van der Waals surface area (Å²) in [5.41, 5.74) is 1.74. The number of sulfonamides is 1. The number of benzene rings is 3. The van der Waals surface area contributed by atoms with Crippen LogP contribution in [0, 0.1) is 17.0 Å². The second kappa shape index (κ2) is 9.19. The van der Waals surface area contributed by atoms with Gasteiger partial charge in [-0.1, -0.05) is 48.5 Å². The van der Waals surface area contributed by atoms with Crippen LogP contribution < -0.4 is 9.57 Å². The van der Waals surface area contributed by atoms with Crippen molar-refractivity contribution < 1.29 is 18.1 Å². The van der Waals surface area contributed by atoms with E-state index < -0.39 is 14.9 Å². The van der Waals surface area contributed by atoms with Crippen molar-refractivity contribution in [3.63, 3.8) is 0 Å². The van der Waals surface area contributed by atoms with Crippen molar-refractivity contribution in [2.24, 2.45) is 5.10 Å². The first kappa shape index (κ1) is 21.0. The zero-order valence-electron chi connectivity index (χ0n) is 16.1.